The average Bonchev–Trinajstić information content (AvgIpc) is 2.39. The third-order valence-electron chi connectivity index (χ3n) is 2.72. The number of hydrogen-bond donors (Lipinski definition) is 1. The van der Waals surface area contributed by atoms with Crippen molar-refractivity contribution in [3.8, 4) is 11.5 Å². The molecule has 19 heavy (non-hydrogen) atoms. The van der Waals surface area contributed by atoms with Gasteiger partial charge in [0.25, 0.3) is 0 Å². The van der Waals surface area contributed by atoms with Crippen LogP contribution in [0.4, 0.5) is 4.39 Å². The molecule has 1 N–H and O–H groups in total. The van der Waals surface area contributed by atoms with Gasteiger partial charge in [-0.1, -0.05) is 18.2 Å². The Hall–Kier alpha value is -1.52. The van der Waals surface area contributed by atoms with Gasteiger partial charge >= 0.3 is 0 Å². The van der Waals surface area contributed by atoms with Crippen molar-refractivity contribution in [1.29, 1.82) is 0 Å². The molecule has 0 amide bonds. The van der Waals surface area contributed by atoms with Crippen molar-refractivity contribution < 1.29 is 14.2 Å². The van der Waals surface area contributed by atoms with Crippen molar-refractivity contribution in [1.82, 2.24) is 0 Å². The van der Waals surface area contributed by atoms with Crippen LogP contribution in [-0.4, -0.2) is 11.4 Å². The predicted molar refractivity (Wildman–Crippen MR) is 75.3 cm³/mol. The van der Waals surface area contributed by atoms with Crippen molar-refractivity contribution in [3.63, 3.8) is 0 Å². The summed E-state index contributed by atoms with van der Waals surface area (Å²) in [5.74, 6) is 0.535. The molecule has 0 aliphatic carbocycles. The van der Waals surface area contributed by atoms with Gasteiger partial charge in [0.2, 0.25) is 0 Å². The van der Waals surface area contributed by atoms with E-state index in [0.29, 0.717) is 11.5 Å². The zero-order valence-corrected chi connectivity index (χ0v) is 11.6. The summed E-state index contributed by atoms with van der Waals surface area (Å²) in [6.45, 7) is 1.52. The second kappa shape index (κ2) is 6.08. The Kier molecular flexibility index (Phi) is 4.45. The normalized spacial score (nSPS) is 12.2. The summed E-state index contributed by atoms with van der Waals surface area (Å²) in [5.41, 5.74) is 0.179. The maximum Gasteiger partial charge on any atom is 0.140 e. The van der Waals surface area contributed by atoms with Crippen molar-refractivity contribution >= 4 is 11.8 Å². The third kappa shape index (κ3) is 3.08. The summed E-state index contributed by atoms with van der Waals surface area (Å²) in [4.78, 5) is 0.961. The lowest BCUT2D eigenvalue weighted by atomic mass is 10.1. The summed E-state index contributed by atoms with van der Waals surface area (Å²) in [6.07, 6.45) is 1.03. The average molecular weight is 278 g/mol. The molecule has 100 valence electrons. The van der Waals surface area contributed by atoms with Crippen LogP contribution >= 0.6 is 11.8 Å². The number of aliphatic hydroxyl groups is 1. The quantitative estimate of drug-likeness (QED) is 0.841. The molecule has 2 nitrogen and oxygen atoms in total. The lowest BCUT2D eigenvalue weighted by Gasteiger charge is -2.15. The number of para-hydroxylation sites is 1. The Morgan fingerprint density at radius 2 is 1.79 bits per heavy atom. The number of hydrogen-bond acceptors (Lipinski definition) is 3. The highest BCUT2D eigenvalue weighted by molar-refractivity contribution is 7.98. The van der Waals surface area contributed by atoms with E-state index in [9.17, 15) is 9.50 Å². The zero-order valence-electron chi connectivity index (χ0n) is 10.8. The fourth-order valence-corrected chi connectivity index (χ4v) is 2.36. The number of halogens is 1. The number of aliphatic hydroxyl groups excluding tert-OH is 1. The molecule has 4 heteroatoms. The van der Waals surface area contributed by atoms with Gasteiger partial charge in [0.1, 0.15) is 17.3 Å². The first-order chi connectivity index (χ1) is 9.13. The first kappa shape index (κ1) is 13.9. The van der Waals surface area contributed by atoms with E-state index >= 15 is 0 Å². The van der Waals surface area contributed by atoms with Crippen LogP contribution in [0, 0.1) is 5.82 Å². The van der Waals surface area contributed by atoms with Gasteiger partial charge < -0.3 is 9.84 Å². The second-order valence-corrected chi connectivity index (χ2v) is 4.93. The number of benzene rings is 2. The van der Waals surface area contributed by atoms with Gasteiger partial charge in [-0.3, -0.25) is 0 Å². The molecule has 0 heterocycles. The van der Waals surface area contributed by atoms with Crippen molar-refractivity contribution in [2.75, 3.05) is 6.26 Å². The Bertz CT molecular complexity index is 570. The summed E-state index contributed by atoms with van der Waals surface area (Å²) in [5, 5.41) is 9.66. The Morgan fingerprint density at radius 3 is 2.47 bits per heavy atom. The van der Waals surface area contributed by atoms with Crippen LogP contribution in [-0.2, 0) is 0 Å². The lowest BCUT2D eigenvalue weighted by molar-refractivity contribution is 0.190. The molecule has 0 aromatic heterocycles. The molecule has 1 atom stereocenters. The van der Waals surface area contributed by atoms with E-state index in [0.717, 1.165) is 4.90 Å². The van der Waals surface area contributed by atoms with Crippen molar-refractivity contribution in [2.24, 2.45) is 0 Å². The smallest absolute Gasteiger partial charge is 0.140 e. The summed E-state index contributed by atoms with van der Waals surface area (Å²) < 4.78 is 19.5. The van der Waals surface area contributed by atoms with Crippen LogP contribution in [0.15, 0.2) is 47.4 Å². The van der Waals surface area contributed by atoms with Crippen LogP contribution in [0.25, 0.3) is 0 Å². The van der Waals surface area contributed by atoms with Gasteiger partial charge in [-0.05, 0) is 37.4 Å². The van der Waals surface area contributed by atoms with E-state index in [1.807, 2.05) is 30.5 Å². The summed E-state index contributed by atoms with van der Waals surface area (Å²) in [6, 6.07) is 12.1. The standard InChI is InChI=1S/C15H15FO2S/c1-10(17)15-11(16)6-5-8-13(15)18-12-7-3-4-9-14(12)19-2/h3-10,17H,1-2H3/t10-/m0/s1. The topological polar surface area (TPSA) is 29.5 Å². The maximum atomic E-state index is 13.7. The molecule has 0 saturated carbocycles. The molecule has 0 saturated heterocycles. The van der Waals surface area contributed by atoms with Crippen molar-refractivity contribution in [2.45, 2.75) is 17.9 Å². The van der Waals surface area contributed by atoms with E-state index in [1.54, 1.807) is 23.9 Å². The Morgan fingerprint density at radius 1 is 1.11 bits per heavy atom. The highest BCUT2D eigenvalue weighted by Crippen LogP contribution is 2.35. The molecule has 2 aromatic carbocycles. The van der Waals surface area contributed by atoms with Gasteiger partial charge in [-0.2, -0.15) is 0 Å². The molecule has 0 radical (unpaired) electrons. The second-order valence-electron chi connectivity index (χ2n) is 4.08. The summed E-state index contributed by atoms with van der Waals surface area (Å²) >= 11 is 1.55. The van der Waals surface area contributed by atoms with Gasteiger partial charge in [0, 0.05) is 4.90 Å². The SMILES string of the molecule is CSc1ccccc1Oc1cccc(F)c1[C@H](C)O. The van der Waals surface area contributed by atoms with Crippen LogP contribution in [0.3, 0.4) is 0 Å². The minimum Gasteiger partial charge on any atom is -0.456 e. The number of thioether (sulfide) groups is 1. The van der Waals surface area contributed by atoms with Crippen LogP contribution < -0.4 is 4.74 Å². The number of ether oxygens (including phenoxy) is 1. The zero-order chi connectivity index (χ0) is 13.8. The molecule has 0 fully saturated rings. The first-order valence-electron chi connectivity index (χ1n) is 5.91. The maximum absolute atomic E-state index is 13.7. The van der Waals surface area contributed by atoms with E-state index in [4.69, 9.17) is 4.74 Å². The third-order valence-corrected chi connectivity index (χ3v) is 3.50. The highest BCUT2D eigenvalue weighted by Gasteiger charge is 2.16. The first-order valence-corrected chi connectivity index (χ1v) is 7.13. The fraction of sp³-hybridized carbons (Fsp3) is 0.200. The molecule has 2 aromatic rings. The largest absolute Gasteiger partial charge is 0.456 e. The van der Waals surface area contributed by atoms with E-state index < -0.39 is 11.9 Å². The minimum atomic E-state index is -0.919. The van der Waals surface area contributed by atoms with Gasteiger partial charge in [-0.15, -0.1) is 11.8 Å². The van der Waals surface area contributed by atoms with Crippen LogP contribution in [0.1, 0.15) is 18.6 Å². The minimum absolute atomic E-state index is 0.179. The van der Waals surface area contributed by atoms with Gasteiger partial charge in [0.15, 0.2) is 0 Å². The van der Waals surface area contributed by atoms with Crippen LogP contribution in [0.5, 0.6) is 11.5 Å². The molecule has 0 spiro atoms. The monoisotopic (exact) mass is 278 g/mol. The van der Waals surface area contributed by atoms with E-state index in [1.165, 1.54) is 13.0 Å². The highest BCUT2D eigenvalue weighted by atomic mass is 32.2. The lowest BCUT2D eigenvalue weighted by Crippen LogP contribution is -2.00. The van der Waals surface area contributed by atoms with E-state index in [2.05, 4.69) is 0 Å². The molecule has 0 unspecified atom stereocenters. The molecule has 0 aliphatic heterocycles. The molecule has 2 rings (SSSR count). The summed E-state index contributed by atoms with van der Waals surface area (Å²) in [7, 11) is 0. The van der Waals surface area contributed by atoms with Gasteiger partial charge in [0.05, 0.1) is 11.7 Å². The Balaban J connectivity index is 2.41. The van der Waals surface area contributed by atoms with E-state index in [-0.39, 0.29) is 5.56 Å². The predicted octanol–water partition coefficient (Wildman–Crippen LogP) is 4.39. The molecule has 0 aliphatic rings. The molecular formula is C15H15FO2S. The molecular weight excluding hydrogens is 263 g/mol. The van der Waals surface area contributed by atoms with Crippen molar-refractivity contribution in [3.05, 3.63) is 53.8 Å². The Labute approximate surface area is 116 Å². The molecule has 0 bridgehead atoms. The van der Waals surface area contributed by atoms with Crippen LogP contribution in [0.2, 0.25) is 0 Å². The fourth-order valence-electron chi connectivity index (χ4n) is 1.83. The van der Waals surface area contributed by atoms with Gasteiger partial charge in [-0.25, -0.2) is 4.39 Å². The number of rotatable bonds is 4.